The van der Waals surface area contributed by atoms with Crippen molar-refractivity contribution >= 4 is 17.3 Å². The Hall–Kier alpha value is -0.950. The first-order valence-corrected chi connectivity index (χ1v) is 4.32. The van der Waals surface area contributed by atoms with Crippen LogP contribution >= 0.6 is 11.6 Å². The average molecular weight is 182 g/mol. The number of nitrogens with one attached hydrogen (secondary N) is 1. The molecule has 0 aliphatic rings. The zero-order valence-electron chi connectivity index (χ0n) is 7.05. The van der Waals surface area contributed by atoms with E-state index in [1.807, 2.05) is 43.3 Å². The Morgan fingerprint density at radius 2 is 2.17 bits per heavy atom. The highest BCUT2D eigenvalue weighted by molar-refractivity contribution is 6.33. The van der Waals surface area contributed by atoms with Crippen LogP contribution < -0.4 is 5.32 Å². The van der Waals surface area contributed by atoms with Gasteiger partial charge in [0.25, 0.3) is 0 Å². The normalized spacial score (nSPS) is 10.5. The maximum absolute atomic E-state index is 5.92. The van der Waals surface area contributed by atoms with E-state index in [2.05, 4.69) is 5.32 Å². The van der Waals surface area contributed by atoms with Gasteiger partial charge in [0.05, 0.1) is 10.7 Å². The summed E-state index contributed by atoms with van der Waals surface area (Å²) in [6.07, 6.45) is 4.05. The number of rotatable bonds is 3. The molecule has 1 N–H and O–H groups in total. The van der Waals surface area contributed by atoms with E-state index in [0.717, 1.165) is 17.3 Å². The van der Waals surface area contributed by atoms with Gasteiger partial charge in [0.2, 0.25) is 0 Å². The molecule has 0 aliphatic carbocycles. The zero-order valence-corrected chi connectivity index (χ0v) is 7.81. The Morgan fingerprint density at radius 3 is 2.83 bits per heavy atom. The molecule has 1 aromatic carbocycles. The monoisotopic (exact) mass is 181 g/mol. The second-order valence-electron chi connectivity index (χ2n) is 2.43. The fourth-order valence-corrected chi connectivity index (χ4v) is 1.09. The van der Waals surface area contributed by atoms with E-state index in [0.29, 0.717) is 0 Å². The van der Waals surface area contributed by atoms with E-state index in [4.69, 9.17) is 11.6 Å². The first-order chi connectivity index (χ1) is 5.84. The predicted molar refractivity (Wildman–Crippen MR) is 54.8 cm³/mol. The second-order valence-corrected chi connectivity index (χ2v) is 2.84. The molecule has 1 rings (SSSR count). The Labute approximate surface area is 78.1 Å². The predicted octanol–water partition coefficient (Wildman–Crippen LogP) is 3.33. The van der Waals surface area contributed by atoms with Crippen LogP contribution in [-0.2, 0) is 0 Å². The molecule has 0 amide bonds. The van der Waals surface area contributed by atoms with E-state index in [9.17, 15) is 0 Å². The molecule has 1 nitrogen and oxygen atoms in total. The van der Waals surface area contributed by atoms with Crippen molar-refractivity contribution in [1.29, 1.82) is 0 Å². The summed E-state index contributed by atoms with van der Waals surface area (Å²) < 4.78 is 0. The lowest BCUT2D eigenvalue weighted by atomic mass is 10.3. The van der Waals surface area contributed by atoms with Gasteiger partial charge < -0.3 is 5.32 Å². The number of benzene rings is 1. The third kappa shape index (κ3) is 2.59. The second kappa shape index (κ2) is 4.83. The first-order valence-electron chi connectivity index (χ1n) is 3.94. The van der Waals surface area contributed by atoms with Crippen LogP contribution in [0.1, 0.15) is 6.92 Å². The summed E-state index contributed by atoms with van der Waals surface area (Å²) in [6, 6.07) is 7.72. The summed E-state index contributed by atoms with van der Waals surface area (Å²) in [5, 5.41) is 3.96. The van der Waals surface area contributed by atoms with E-state index >= 15 is 0 Å². The van der Waals surface area contributed by atoms with Gasteiger partial charge in [-0.3, -0.25) is 0 Å². The maximum Gasteiger partial charge on any atom is 0.0637 e. The summed E-state index contributed by atoms with van der Waals surface area (Å²) in [7, 11) is 0. The summed E-state index contributed by atoms with van der Waals surface area (Å²) in [5.74, 6) is 0. The van der Waals surface area contributed by atoms with E-state index in [-0.39, 0.29) is 0 Å². The lowest BCUT2D eigenvalue weighted by Crippen LogP contribution is -1.97. The fraction of sp³-hybridized carbons (Fsp3) is 0.200. The van der Waals surface area contributed by atoms with Gasteiger partial charge in [-0.15, -0.1) is 0 Å². The van der Waals surface area contributed by atoms with Gasteiger partial charge in [-0.25, -0.2) is 0 Å². The topological polar surface area (TPSA) is 12.0 Å². The number of anilines is 1. The molecule has 0 bridgehead atoms. The van der Waals surface area contributed by atoms with Crippen molar-refractivity contribution in [1.82, 2.24) is 0 Å². The van der Waals surface area contributed by atoms with Crippen molar-refractivity contribution in [3.63, 3.8) is 0 Å². The minimum absolute atomic E-state index is 0.766. The van der Waals surface area contributed by atoms with Crippen molar-refractivity contribution in [2.45, 2.75) is 6.92 Å². The highest BCUT2D eigenvalue weighted by Gasteiger charge is 1.93. The third-order valence-electron chi connectivity index (χ3n) is 1.52. The molecule has 1 aromatic rings. The highest BCUT2D eigenvalue weighted by Crippen LogP contribution is 2.19. The van der Waals surface area contributed by atoms with Crippen LogP contribution in [0.2, 0.25) is 5.02 Å². The standard InChI is InChI=1S/C10H12ClN/c1-2-3-8-12-10-7-5-4-6-9(10)11/h2-7,12H,8H2,1H3/b3-2+. The van der Waals surface area contributed by atoms with Crippen LogP contribution in [0.3, 0.4) is 0 Å². The SMILES string of the molecule is C/C=C/CNc1ccccc1Cl. The molecule has 0 atom stereocenters. The minimum atomic E-state index is 0.766. The Balaban J connectivity index is 2.57. The lowest BCUT2D eigenvalue weighted by molar-refractivity contribution is 1.33. The Kier molecular flexibility index (Phi) is 3.68. The molecule has 0 saturated carbocycles. The molecule has 0 unspecified atom stereocenters. The van der Waals surface area contributed by atoms with Crippen molar-refractivity contribution in [3.8, 4) is 0 Å². The summed E-state index contributed by atoms with van der Waals surface area (Å²) in [6.45, 7) is 2.81. The van der Waals surface area contributed by atoms with Crippen molar-refractivity contribution in [2.24, 2.45) is 0 Å². The smallest absolute Gasteiger partial charge is 0.0637 e. The number of hydrogen-bond donors (Lipinski definition) is 1. The lowest BCUT2D eigenvalue weighted by Gasteiger charge is -2.04. The summed E-state index contributed by atoms with van der Waals surface area (Å²) >= 11 is 5.92. The van der Waals surface area contributed by atoms with E-state index in [1.54, 1.807) is 0 Å². The van der Waals surface area contributed by atoms with Crippen LogP contribution in [-0.4, -0.2) is 6.54 Å². The molecule has 0 aliphatic heterocycles. The number of allylic oxidation sites excluding steroid dienone is 1. The van der Waals surface area contributed by atoms with Gasteiger partial charge in [0.15, 0.2) is 0 Å². The molecule has 0 spiro atoms. The van der Waals surface area contributed by atoms with Crippen molar-refractivity contribution in [2.75, 3.05) is 11.9 Å². The van der Waals surface area contributed by atoms with Gasteiger partial charge in [-0.05, 0) is 19.1 Å². The molecule has 0 saturated heterocycles. The molecular weight excluding hydrogens is 170 g/mol. The minimum Gasteiger partial charge on any atom is -0.380 e. The molecule has 64 valence electrons. The maximum atomic E-state index is 5.92. The van der Waals surface area contributed by atoms with E-state index < -0.39 is 0 Å². The Morgan fingerprint density at radius 1 is 1.42 bits per heavy atom. The number of hydrogen-bond acceptors (Lipinski definition) is 1. The largest absolute Gasteiger partial charge is 0.380 e. The van der Waals surface area contributed by atoms with Crippen molar-refractivity contribution in [3.05, 3.63) is 41.4 Å². The molecule has 0 heterocycles. The summed E-state index contributed by atoms with van der Waals surface area (Å²) in [5.41, 5.74) is 0.984. The highest BCUT2D eigenvalue weighted by atomic mass is 35.5. The van der Waals surface area contributed by atoms with Gasteiger partial charge in [0, 0.05) is 6.54 Å². The van der Waals surface area contributed by atoms with Crippen molar-refractivity contribution < 1.29 is 0 Å². The quantitative estimate of drug-likeness (QED) is 0.706. The van der Waals surface area contributed by atoms with Gasteiger partial charge in [0.1, 0.15) is 0 Å². The number of para-hydroxylation sites is 1. The van der Waals surface area contributed by atoms with Crippen LogP contribution in [0.5, 0.6) is 0 Å². The molecule has 0 aromatic heterocycles. The molecular formula is C10H12ClN. The molecule has 2 heteroatoms. The van der Waals surface area contributed by atoms with Crippen LogP contribution in [0.15, 0.2) is 36.4 Å². The van der Waals surface area contributed by atoms with Crippen LogP contribution in [0.25, 0.3) is 0 Å². The van der Waals surface area contributed by atoms with Gasteiger partial charge >= 0.3 is 0 Å². The first kappa shape index (κ1) is 9.14. The van der Waals surface area contributed by atoms with E-state index in [1.165, 1.54) is 0 Å². The van der Waals surface area contributed by atoms with Crippen LogP contribution in [0, 0.1) is 0 Å². The van der Waals surface area contributed by atoms with Gasteiger partial charge in [-0.1, -0.05) is 35.9 Å². The Bertz CT molecular complexity index is 268. The molecule has 12 heavy (non-hydrogen) atoms. The zero-order chi connectivity index (χ0) is 8.81. The third-order valence-corrected chi connectivity index (χ3v) is 1.85. The molecule has 0 radical (unpaired) electrons. The fourth-order valence-electron chi connectivity index (χ4n) is 0.891. The molecule has 0 fully saturated rings. The number of halogens is 1. The summed E-state index contributed by atoms with van der Waals surface area (Å²) in [4.78, 5) is 0. The van der Waals surface area contributed by atoms with Gasteiger partial charge in [-0.2, -0.15) is 0 Å². The van der Waals surface area contributed by atoms with Crippen LogP contribution in [0.4, 0.5) is 5.69 Å². The average Bonchev–Trinajstić information content (AvgIpc) is 2.09.